The topological polar surface area (TPSA) is 47.6 Å². The Hall–Kier alpha value is -1.71. The predicted molar refractivity (Wildman–Crippen MR) is 71.1 cm³/mol. The van der Waals surface area contributed by atoms with Crippen LogP contribution in [-0.4, -0.2) is 26.4 Å². The Kier molecular flexibility index (Phi) is 6.05. The average Bonchev–Trinajstić information content (AvgIpc) is 2.36. The molecule has 1 aromatic carbocycles. The highest BCUT2D eigenvalue weighted by Crippen LogP contribution is 2.18. The first kappa shape index (κ1) is 14.4. The van der Waals surface area contributed by atoms with Crippen LogP contribution >= 0.6 is 0 Å². The monoisotopic (exact) mass is 251 g/mol. The summed E-state index contributed by atoms with van der Waals surface area (Å²) in [6.45, 7) is 5.01. The van der Waals surface area contributed by atoms with Crippen LogP contribution < -0.4 is 10.1 Å². The summed E-state index contributed by atoms with van der Waals surface area (Å²) in [6.07, 6.45) is 1.28. The summed E-state index contributed by atoms with van der Waals surface area (Å²) < 4.78 is 10.1. The minimum Gasteiger partial charge on any atom is -0.496 e. The maximum atomic E-state index is 11.2. The zero-order chi connectivity index (χ0) is 13.4. The number of rotatable bonds is 6. The average molecular weight is 251 g/mol. The second kappa shape index (κ2) is 7.58. The van der Waals surface area contributed by atoms with E-state index in [4.69, 9.17) is 9.47 Å². The first-order valence-electron chi connectivity index (χ1n) is 6.21. The van der Waals surface area contributed by atoms with Gasteiger partial charge in [-0.2, -0.15) is 0 Å². The highest BCUT2D eigenvalue weighted by Gasteiger charge is 2.02. The second-order valence-corrected chi connectivity index (χ2v) is 4.12. The molecule has 0 unspecified atom stereocenters. The van der Waals surface area contributed by atoms with Gasteiger partial charge < -0.3 is 14.8 Å². The number of carbonyl (C=O) groups excluding carboxylic acids is 1. The number of methoxy groups -OCH3 is 1. The summed E-state index contributed by atoms with van der Waals surface area (Å²) in [4.78, 5) is 11.2. The summed E-state index contributed by atoms with van der Waals surface area (Å²) in [6, 6.07) is 6.02. The van der Waals surface area contributed by atoms with Crippen molar-refractivity contribution in [2.24, 2.45) is 0 Å². The molecule has 1 rings (SSSR count). The number of benzene rings is 1. The third kappa shape index (κ3) is 4.65. The Morgan fingerprint density at radius 1 is 1.39 bits per heavy atom. The molecule has 0 aliphatic heterocycles. The molecule has 0 spiro atoms. The standard InChI is InChI=1S/C14H21NO3/c1-4-9-18-14(16)15-8-7-12-5-6-13(17-3)11(2)10-12/h5-6,10H,4,7-9H2,1-3H3,(H,15,16). The molecular formula is C14H21NO3. The molecule has 0 fully saturated rings. The van der Waals surface area contributed by atoms with Gasteiger partial charge in [0.05, 0.1) is 13.7 Å². The van der Waals surface area contributed by atoms with Crippen molar-refractivity contribution >= 4 is 6.09 Å². The third-order valence-electron chi connectivity index (χ3n) is 2.58. The molecule has 0 saturated heterocycles. The van der Waals surface area contributed by atoms with Crippen molar-refractivity contribution in [2.75, 3.05) is 20.3 Å². The van der Waals surface area contributed by atoms with Gasteiger partial charge in [-0.05, 0) is 37.0 Å². The number of carbonyl (C=O) groups is 1. The van der Waals surface area contributed by atoms with Crippen LogP contribution in [0.25, 0.3) is 0 Å². The summed E-state index contributed by atoms with van der Waals surface area (Å²) in [5.41, 5.74) is 2.27. The lowest BCUT2D eigenvalue weighted by atomic mass is 10.1. The lowest BCUT2D eigenvalue weighted by Crippen LogP contribution is -2.26. The van der Waals surface area contributed by atoms with Gasteiger partial charge in [-0.1, -0.05) is 19.1 Å². The molecule has 18 heavy (non-hydrogen) atoms. The molecule has 1 amide bonds. The Labute approximate surface area is 108 Å². The lowest BCUT2D eigenvalue weighted by molar-refractivity contribution is 0.146. The van der Waals surface area contributed by atoms with Crippen LogP contribution in [0.1, 0.15) is 24.5 Å². The highest BCUT2D eigenvalue weighted by molar-refractivity contribution is 5.67. The van der Waals surface area contributed by atoms with Crippen LogP contribution in [0.2, 0.25) is 0 Å². The Morgan fingerprint density at radius 2 is 2.17 bits per heavy atom. The Morgan fingerprint density at radius 3 is 2.78 bits per heavy atom. The fourth-order valence-corrected chi connectivity index (χ4v) is 1.65. The van der Waals surface area contributed by atoms with Gasteiger partial charge in [0.15, 0.2) is 0 Å². The van der Waals surface area contributed by atoms with Crippen LogP contribution in [-0.2, 0) is 11.2 Å². The quantitative estimate of drug-likeness (QED) is 0.845. The zero-order valence-electron chi connectivity index (χ0n) is 11.3. The highest BCUT2D eigenvalue weighted by atomic mass is 16.5. The number of alkyl carbamates (subject to hydrolysis) is 1. The van der Waals surface area contributed by atoms with Crippen molar-refractivity contribution in [3.8, 4) is 5.75 Å². The summed E-state index contributed by atoms with van der Waals surface area (Å²) >= 11 is 0. The smallest absolute Gasteiger partial charge is 0.407 e. The van der Waals surface area contributed by atoms with Crippen LogP contribution in [0.3, 0.4) is 0 Å². The lowest BCUT2D eigenvalue weighted by Gasteiger charge is -2.08. The van der Waals surface area contributed by atoms with Gasteiger partial charge in [0.25, 0.3) is 0 Å². The number of amides is 1. The normalized spacial score (nSPS) is 9.94. The number of nitrogens with one attached hydrogen (secondary N) is 1. The van der Waals surface area contributed by atoms with E-state index in [-0.39, 0.29) is 6.09 Å². The third-order valence-corrected chi connectivity index (χ3v) is 2.58. The molecule has 0 aliphatic carbocycles. The van der Waals surface area contributed by atoms with Gasteiger partial charge in [-0.15, -0.1) is 0 Å². The molecule has 0 aromatic heterocycles. The van der Waals surface area contributed by atoms with Gasteiger partial charge in [0, 0.05) is 6.54 Å². The van der Waals surface area contributed by atoms with Crippen molar-refractivity contribution in [1.82, 2.24) is 5.32 Å². The molecule has 0 atom stereocenters. The molecule has 100 valence electrons. The van der Waals surface area contributed by atoms with Gasteiger partial charge in [-0.3, -0.25) is 0 Å². The van der Waals surface area contributed by atoms with E-state index >= 15 is 0 Å². The SMILES string of the molecule is CCCOC(=O)NCCc1ccc(OC)c(C)c1. The second-order valence-electron chi connectivity index (χ2n) is 4.12. The number of hydrogen-bond acceptors (Lipinski definition) is 3. The zero-order valence-corrected chi connectivity index (χ0v) is 11.3. The maximum absolute atomic E-state index is 11.2. The largest absolute Gasteiger partial charge is 0.496 e. The first-order chi connectivity index (χ1) is 8.67. The fourth-order valence-electron chi connectivity index (χ4n) is 1.65. The van der Waals surface area contributed by atoms with Crippen LogP contribution in [0, 0.1) is 6.92 Å². The van der Waals surface area contributed by atoms with Gasteiger partial charge >= 0.3 is 6.09 Å². The van der Waals surface area contributed by atoms with E-state index in [0.29, 0.717) is 13.2 Å². The van der Waals surface area contributed by atoms with E-state index in [1.807, 2.05) is 26.0 Å². The van der Waals surface area contributed by atoms with E-state index in [1.165, 1.54) is 5.56 Å². The van der Waals surface area contributed by atoms with Crippen molar-refractivity contribution in [2.45, 2.75) is 26.7 Å². The van der Waals surface area contributed by atoms with Crippen molar-refractivity contribution < 1.29 is 14.3 Å². The molecular weight excluding hydrogens is 230 g/mol. The molecule has 4 heteroatoms. The Bertz CT molecular complexity index is 391. The molecule has 0 aliphatic rings. The number of ether oxygens (including phenoxy) is 2. The predicted octanol–water partition coefficient (Wildman–Crippen LogP) is 2.68. The van der Waals surface area contributed by atoms with Crippen LogP contribution in [0.15, 0.2) is 18.2 Å². The molecule has 0 radical (unpaired) electrons. The summed E-state index contributed by atoms with van der Waals surface area (Å²) in [5.74, 6) is 0.883. The van der Waals surface area contributed by atoms with Crippen molar-refractivity contribution in [3.63, 3.8) is 0 Å². The van der Waals surface area contributed by atoms with E-state index in [9.17, 15) is 4.79 Å². The minimum absolute atomic E-state index is 0.345. The van der Waals surface area contributed by atoms with Crippen molar-refractivity contribution in [1.29, 1.82) is 0 Å². The van der Waals surface area contributed by atoms with Gasteiger partial charge in [0.2, 0.25) is 0 Å². The van der Waals surface area contributed by atoms with E-state index in [0.717, 1.165) is 24.2 Å². The molecule has 0 bridgehead atoms. The molecule has 1 aromatic rings. The minimum atomic E-state index is -0.345. The van der Waals surface area contributed by atoms with Gasteiger partial charge in [-0.25, -0.2) is 4.79 Å². The van der Waals surface area contributed by atoms with Crippen LogP contribution in [0.4, 0.5) is 4.79 Å². The number of hydrogen-bond donors (Lipinski definition) is 1. The number of aryl methyl sites for hydroxylation is 1. The summed E-state index contributed by atoms with van der Waals surface area (Å²) in [7, 11) is 1.66. The first-order valence-corrected chi connectivity index (χ1v) is 6.21. The van der Waals surface area contributed by atoms with E-state index in [1.54, 1.807) is 7.11 Å². The molecule has 4 nitrogen and oxygen atoms in total. The Balaban J connectivity index is 2.35. The molecule has 0 heterocycles. The van der Waals surface area contributed by atoms with E-state index < -0.39 is 0 Å². The molecule has 0 saturated carbocycles. The maximum Gasteiger partial charge on any atom is 0.407 e. The fraction of sp³-hybridized carbons (Fsp3) is 0.500. The van der Waals surface area contributed by atoms with Gasteiger partial charge in [0.1, 0.15) is 5.75 Å². The summed E-state index contributed by atoms with van der Waals surface area (Å²) in [5, 5.41) is 2.72. The van der Waals surface area contributed by atoms with Crippen molar-refractivity contribution in [3.05, 3.63) is 29.3 Å². The van der Waals surface area contributed by atoms with E-state index in [2.05, 4.69) is 11.4 Å². The molecule has 1 N–H and O–H groups in total. The van der Waals surface area contributed by atoms with Crippen LogP contribution in [0.5, 0.6) is 5.75 Å².